The van der Waals surface area contributed by atoms with E-state index in [4.69, 9.17) is 18.9 Å². The van der Waals surface area contributed by atoms with Gasteiger partial charge in [-0.25, -0.2) is 0 Å². The summed E-state index contributed by atoms with van der Waals surface area (Å²) in [5.41, 5.74) is 1.57. The van der Waals surface area contributed by atoms with E-state index in [0.29, 0.717) is 35.1 Å². The summed E-state index contributed by atoms with van der Waals surface area (Å²) in [5, 5.41) is 3.37. The standard InChI is InChI=1S/C27H35N3O5/c1-27(2)11-10-20-22(35-27)9-7-21(25(20)34-5)26(31)30(17-16-29-14-12-28-13-15-29)19-6-8-23(32-3)24(18-19)33-4/h6-11,18,28H,12-17H2,1-5H3. The third-order valence-electron chi connectivity index (χ3n) is 6.39. The lowest BCUT2D eigenvalue weighted by atomic mass is 9.99. The molecule has 0 unspecified atom stereocenters. The molecule has 2 aliphatic heterocycles. The van der Waals surface area contributed by atoms with Crippen LogP contribution in [0.5, 0.6) is 23.0 Å². The molecule has 35 heavy (non-hydrogen) atoms. The summed E-state index contributed by atoms with van der Waals surface area (Å²) in [5.74, 6) is 2.24. The quantitative estimate of drug-likeness (QED) is 0.619. The van der Waals surface area contributed by atoms with Gasteiger partial charge in [0.25, 0.3) is 5.91 Å². The third kappa shape index (κ3) is 5.39. The number of benzene rings is 2. The number of anilines is 1. The summed E-state index contributed by atoms with van der Waals surface area (Å²) in [7, 11) is 4.77. The number of hydrogen-bond acceptors (Lipinski definition) is 7. The number of nitrogens with zero attached hydrogens (tertiary/aromatic N) is 2. The Balaban J connectivity index is 1.71. The Morgan fingerprint density at radius 3 is 2.49 bits per heavy atom. The average molecular weight is 482 g/mol. The van der Waals surface area contributed by atoms with Crippen LogP contribution in [0, 0.1) is 0 Å². The number of nitrogens with one attached hydrogen (secondary N) is 1. The smallest absolute Gasteiger partial charge is 0.262 e. The lowest BCUT2D eigenvalue weighted by Crippen LogP contribution is -2.47. The first-order valence-corrected chi connectivity index (χ1v) is 11.9. The second-order valence-electron chi connectivity index (χ2n) is 9.18. The Labute approximate surface area is 207 Å². The molecule has 0 bridgehead atoms. The number of carbonyl (C=O) groups excluding carboxylic acids is 1. The molecule has 8 heteroatoms. The number of hydrogen-bond donors (Lipinski definition) is 1. The number of fused-ring (bicyclic) bond motifs is 1. The van der Waals surface area contributed by atoms with Gasteiger partial charge in [-0.1, -0.05) is 0 Å². The van der Waals surface area contributed by atoms with Gasteiger partial charge in [-0.2, -0.15) is 0 Å². The normalized spacial score (nSPS) is 16.7. The maximum absolute atomic E-state index is 14.0. The average Bonchev–Trinajstić information content (AvgIpc) is 2.87. The molecule has 1 saturated heterocycles. The highest BCUT2D eigenvalue weighted by Gasteiger charge is 2.29. The van der Waals surface area contributed by atoms with E-state index in [1.807, 2.05) is 50.3 Å². The van der Waals surface area contributed by atoms with Crippen LogP contribution in [0.25, 0.3) is 6.08 Å². The molecule has 1 amide bonds. The van der Waals surface area contributed by atoms with Gasteiger partial charge in [-0.05, 0) is 50.3 Å². The van der Waals surface area contributed by atoms with Gasteiger partial charge in [0.1, 0.15) is 17.1 Å². The minimum absolute atomic E-state index is 0.148. The van der Waals surface area contributed by atoms with Gasteiger partial charge in [-0.15, -0.1) is 0 Å². The predicted molar refractivity (Wildman–Crippen MR) is 137 cm³/mol. The molecule has 0 saturated carbocycles. The Kier molecular flexibility index (Phi) is 7.52. The molecule has 2 aromatic carbocycles. The number of methoxy groups -OCH3 is 3. The maximum Gasteiger partial charge on any atom is 0.262 e. The Hall–Kier alpha value is -3.23. The monoisotopic (exact) mass is 481 g/mol. The Morgan fingerprint density at radius 2 is 1.80 bits per heavy atom. The number of amides is 1. The largest absolute Gasteiger partial charge is 0.495 e. The molecule has 188 valence electrons. The van der Waals surface area contributed by atoms with Gasteiger partial charge < -0.3 is 29.2 Å². The third-order valence-corrected chi connectivity index (χ3v) is 6.39. The Morgan fingerprint density at radius 1 is 1.06 bits per heavy atom. The minimum atomic E-state index is -0.418. The van der Waals surface area contributed by atoms with Crippen LogP contribution in [-0.2, 0) is 0 Å². The zero-order chi connectivity index (χ0) is 25.0. The Bertz CT molecular complexity index is 1090. The first-order chi connectivity index (χ1) is 16.9. The fraction of sp³-hybridized carbons (Fsp3) is 0.444. The molecule has 0 aromatic heterocycles. The summed E-state index contributed by atoms with van der Waals surface area (Å²) in [4.78, 5) is 18.2. The van der Waals surface area contributed by atoms with Crippen LogP contribution in [0.15, 0.2) is 36.4 Å². The van der Waals surface area contributed by atoms with Crippen LogP contribution in [-0.4, -0.2) is 77.0 Å². The zero-order valence-electron chi connectivity index (χ0n) is 21.2. The number of carbonyl (C=O) groups is 1. The molecule has 4 rings (SSSR count). The van der Waals surface area contributed by atoms with Crippen molar-refractivity contribution in [3.05, 3.63) is 47.5 Å². The second-order valence-corrected chi connectivity index (χ2v) is 9.18. The molecule has 2 aromatic rings. The van der Waals surface area contributed by atoms with Gasteiger partial charge in [0, 0.05) is 51.0 Å². The molecular weight excluding hydrogens is 446 g/mol. The fourth-order valence-electron chi connectivity index (χ4n) is 4.48. The molecule has 8 nitrogen and oxygen atoms in total. The van der Waals surface area contributed by atoms with Gasteiger partial charge in [-0.3, -0.25) is 9.69 Å². The van der Waals surface area contributed by atoms with Crippen molar-refractivity contribution < 1.29 is 23.7 Å². The first kappa shape index (κ1) is 24.9. The van der Waals surface area contributed by atoms with Crippen molar-refractivity contribution in [3.63, 3.8) is 0 Å². The zero-order valence-corrected chi connectivity index (χ0v) is 21.2. The van der Waals surface area contributed by atoms with Gasteiger partial charge in [0.05, 0.1) is 32.5 Å². The molecule has 0 atom stereocenters. The highest BCUT2D eigenvalue weighted by atomic mass is 16.5. The van der Waals surface area contributed by atoms with E-state index in [2.05, 4.69) is 10.2 Å². The molecule has 2 aliphatic rings. The second kappa shape index (κ2) is 10.6. The van der Waals surface area contributed by atoms with E-state index < -0.39 is 5.60 Å². The van der Waals surface area contributed by atoms with E-state index in [-0.39, 0.29) is 5.91 Å². The van der Waals surface area contributed by atoms with Gasteiger partial charge in [0.2, 0.25) is 0 Å². The van der Waals surface area contributed by atoms with Crippen molar-refractivity contribution in [2.24, 2.45) is 0 Å². The summed E-state index contributed by atoms with van der Waals surface area (Å²) >= 11 is 0. The highest BCUT2D eigenvalue weighted by molar-refractivity contribution is 6.09. The van der Waals surface area contributed by atoms with Crippen molar-refractivity contribution >= 4 is 17.7 Å². The van der Waals surface area contributed by atoms with Crippen LogP contribution in [0.1, 0.15) is 29.8 Å². The summed E-state index contributed by atoms with van der Waals surface area (Å²) in [6.45, 7) is 9.07. The predicted octanol–water partition coefficient (Wildman–Crippen LogP) is 3.45. The maximum atomic E-state index is 14.0. The SMILES string of the molecule is COc1ccc(N(CCN2CCNCC2)C(=O)c2ccc3c(c2OC)C=CC(C)(C)O3)cc1OC. The van der Waals surface area contributed by atoms with E-state index in [9.17, 15) is 4.79 Å². The van der Waals surface area contributed by atoms with E-state index >= 15 is 0 Å². The van der Waals surface area contributed by atoms with Crippen molar-refractivity contribution in [1.82, 2.24) is 10.2 Å². The molecule has 1 fully saturated rings. The first-order valence-electron chi connectivity index (χ1n) is 11.9. The van der Waals surface area contributed by atoms with Crippen LogP contribution in [0.2, 0.25) is 0 Å². The number of piperazine rings is 1. The molecular formula is C27H35N3O5. The molecule has 1 N–H and O–H groups in total. The van der Waals surface area contributed by atoms with E-state index in [1.54, 1.807) is 32.3 Å². The molecule has 0 aliphatic carbocycles. The van der Waals surface area contributed by atoms with Crippen molar-refractivity contribution in [2.75, 3.05) is 65.5 Å². The van der Waals surface area contributed by atoms with Crippen LogP contribution in [0.3, 0.4) is 0 Å². The van der Waals surface area contributed by atoms with E-state index in [0.717, 1.165) is 44.0 Å². The van der Waals surface area contributed by atoms with E-state index in [1.165, 1.54) is 0 Å². The topological polar surface area (TPSA) is 72.5 Å². The van der Waals surface area contributed by atoms with Crippen LogP contribution < -0.4 is 29.2 Å². The summed E-state index contributed by atoms with van der Waals surface area (Å²) in [6.07, 6.45) is 3.94. The molecule has 2 heterocycles. The fourth-order valence-corrected chi connectivity index (χ4v) is 4.48. The van der Waals surface area contributed by atoms with Crippen LogP contribution >= 0.6 is 0 Å². The lowest BCUT2D eigenvalue weighted by molar-refractivity contribution is 0.0979. The lowest BCUT2D eigenvalue weighted by Gasteiger charge is -2.32. The number of ether oxygens (including phenoxy) is 4. The van der Waals surface area contributed by atoms with Crippen molar-refractivity contribution in [3.8, 4) is 23.0 Å². The summed E-state index contributed by atoms with van der Waals surface area (Å²) in [6, 6.07) is 9.17. The number of rotatable bonds is 8. The molecule has 0 radical (unpaired) electrons. The van der Waals surface area contributed by atoms with Gasteiger partial charge >= 0.3 is 0 Å². The summed E-state index contributed by atoms with van der Waals surface area (Å²) < 4.78 is 22.8. The van der Waals surface area contributed by atoms with Crippen molar-refractivity contribution in [1.29, 1.82) is 0 Å². The minimum Gasteiger partial charge on any atom is -0.495 e. The van der Waals surface area contributed by atoms with Crippen LogP contribution in [0.4, 0.5) is 5.69 Å². The highest BCUT2D eigenvalue weighted by Crippen LogP contribution is 2.40. The van der Waals surface area contributed by atoms with Crippen molar-refractivity contribution in [2.45, 2.75) is 19.4 Å². The molecule has 0 spiro atoms. The van der Waals surface area contributed by atoms with Gasteiger partial charge in [0.15, 0.2) is 11.5 Å².